The molecule has 3 rings (SSSR count). The lowest BCUT2D eigenvalue weighted by atomic mass is 10.0. The van der Waals surface area contributed by atoms with E-state index < -0.39 is 30.1 Å². The predicted molar refractivity (Wildman–Crippen MR) is 75.5 cm³/mol. The Morgan fingerprint density at radius 2 is 1.91 bits per heavy atom. The lowest BCUT2D eigenvalue weighted by molar-refractivity contribution is -0.136. The summed E-state index contributed by atoms with van der Waals surface area (Å²) in [6.07, 6.45) is -1.27. The van der Waals surface area contributed by atoms with E-state index in [0.29, 0.717) is 5.56 Å². The second-order valence-electron chi connectivity index (χ2n) is 5.55. The number of hydrogen-bond donors (Lipinski definition) is 3. The maximum Gasteiger partial charge on any atom is 0.307 e. The highest BCUT2D eigenvalue weighted by atomic mass is 16.4. The number of fused-ring (bicyclic) bond motifs is 1. The van der Waals surface area contributed by atoms with E-state index in [9.17, 15) is 24.3 Å². The first-order valence-electron chi connectivity index (χ1n) is 7.08. The lowest BCUT2D eigenvalue weighted by Gasteiger charge is -2.33. The van der Waals surface area contributed by atoms with Gasteiger partial charge in [-0.25, -0.2) is 0 Å². The van der Waals surface area contributed by atoms with Crippen molar-refractivity contribution in [2.45, 2.75) is 31.5 Å². The van der Waals surface area contributed by atoms with Crippen LogP contribution in [-0.4, -0.2) is 51.1 Å². The molecule has 3 amide bonds. The number of carboxylic acid groups (broad SMARTS) is 1. The van der Waals surface area contributed by atoms with Crippen LogP contribution in [0.25, 0.3) is 0 Å². The van der Waals surface area contributed by atoms with E-state index in [1.807, 2.05) is 0 Å². The Morgan fingerprint density at radius 3 is 2.57 bits per heavy atom. The SMILES string of the molecule is O=C(O)Cc1ccc2c(c1)C(=O)N(C1CCC(=O)NC1O)C2=O. The number of aliphatic carboxylic acids is 1. The molecule has 1 aromatic rings. The highest BCUT2D eigenvalue weighted by Gasteiger charge is 2.44. The number of amides is 3. The maximum absolute atomic E-state index is 12.5. The molecule has 2 heterocycles. The summed E-state index contributed by atoms with van der Waals surface area (Å²) in [5.41, 5.74) is 0.711. The molecule has 0 aliphatic carbocycles. The van der Waals surface area contributed by atoms with Gasteiger partial charge < -0.3 is 15.5 Å². The zero-order valence-corrected chi connectivity index (χ0v) is 12.0. The summed E-state index contributed by atoms with van der Waals surface area (Å²) in [4.78, 5) is 47.9. The molecule has 3 N–H and O–H groups in total. The number of aliphatic hydroxyl groups excluding tert-OH is 1. The number of aliphatic hydroxyl groups is 1. The second-order valence-corrected chi connectivity index (χ2v) is 5.55. The predicted octanol–water partition coefficient (Wildman–Crippen LogP) is -0.493. The number of imide groups is 1. The highest BCUT2D eigenvalue weighted by Crippen LogP contribution is 2.29. The van der Waals surface area contributed by atoms with Crippen molar-refractivity contribution < 1.29 is 29.4 Å². The number of carboxylic acids is 1. The van der Waals surface area contributed by atoms with Crippen LogP contribution in [0.15, 0.2) is 18.2 Å². The Labute approximate surface area is 130 Å². The van der Waals surface area contributed by atoms with Crippen molar-refractivity contribution in [3.05, 3.63) is 34.9 Å². The monoisotopic (exact) mass is 318 g/mol. The quantitative estimate of drug-likeness (QED) is 0.646. The average Bonchev–Trinajstić information content (AvgIpc) is 2.71. The third-order valence-electron chi connectivity index (χ3n) is 4.01. The van der Waals surface area contributed by atoms with Crippen LogP contribution in [0.4, 0.5) is 0 Å². The van der Waals surface area contributed by atoms with E-state index in [2.05, 4.69) is 5.32 Å². The van der Waals surface area contributed by atoms with Crippen molar-refractivity contribution in [2.75, 3.05) is 0 Å². The normalized spacial score (nSPS) is 23.7. The fraction of sp³-hybridized carbons (Fsp3) is 0.333. The van der Waals surface area contributed by atoms with Gasteiger partial charge in [-0.05, 0) is 24.1 Å². The van der Waals surface area contributed by atoms with Crippen LogP contribution < -0.4 is 5.32 Å². The molecule has 8 heteroatoms. The first kappa shape index (κ1) is 15.2. The maximum atomic E-state index is 12.5. The molecular formula is C15H14N2O6. The van der Waals surface area contributed by atoms with Crippen molar-refractivity contribution in [2.24, 2.45) is 0 Å². The van der Waals surface area contributed by atoms with Gasteiger partial charge >= 0.3 is 5.97 Å². The number of carbonyl (C=O) groups excluding carboxylic acids is 3. The van der Waals surface area contributed by atoms with Crippen molar-refractivity contribution in [3.63, 3.8) is 0 Å². The van der Waals surface area contributed by atoms with Gasteiger partial charge in [-0.15, -0.1) is 0 Å². The molecule has 1 aromatic carbocycles. The standard InChI is InChI=1S/C15H14N2O6/c18-11-4-3-10(13(21)16-11)17-14(22)8-2-1-7(6-12(19)20)5-9(8)15(17)23/h1-2,5,10,13,21H,3-4,6H2,(H,16,18)(H,19,20). The third kappa shape index (κ3) is 2.57. The van der Waals surface area contributed by atoms with E-state index in [1.54, 1.807) is 0 Å². The summed E-state index contributed by atoms with van der Waals surface area (Å²) in [6, 6.07) is 3.46. The summed E-state index contributed by atoms with van der Waals surface area (Å²) in [6.45, 7) is 0. The molecular weight excluding hydrogens is 304 g/mol. The molecule has 2 aliphatic heterocycles. The van der Waals surface area contributed by atoms with E-state index in [0.717, 1.165) is 4.90 Å². The number of benzene rings is 1. The van der Waals surface area contributed by atoms with E-state index in [4.69, 9.17) is 5.11 Å². The van der Waals surface area contributed by atoms with Gasteiger partial charge in [0.05, 0.1) is 23.6 Å². The highest BCUT2D eigenvalue weighted by molar-refractivity contribution is 6.21. The molecule has 8 nitrogen and oxygen atoms in total. The van der Waals surface area contributed by atoms with E-state index in [-0.39, 0.29) is 36.3 Å². The Kier molecular flexibility index (Phi) is 3.61. The lowest BCUT2D eigenvalue weighted by Crippen LogP contribution is -2.57. The van der Waals surface area contributed by atoms with Gasteiger partial charge in [0, 0.05) is 6.42 Å². The van der Waals surface area contributed by atoms with Crippen LogP contribution in [-0.2, 0) is 16.0 Å². The molecule has 0 aromatic heterocycles. The Balaban J connectivity index is 1.91. The van der Waals surface area contributed by atoms with Gasteiger partial charge in [-0.3, -0.25) is 24.1 Å². The molecule has 0 radical (unpaired) electrons. The summed E-state index contributed by atoms with van der Waals surface area (Å²) in [5, 5.41) is 21.0. The number of hydrogen-bond acceptors (Lipinski definition) is 5. The molecule has 2 aliphatic rings. The molecule has 1 saturated heterocycles. The summed E-state index contributed by atoms with van der Waals surface area (Å²) < 4.78 is 0. The minimum atomic E-state index is -1.31. The van der Waals surface area contributed by atoms with Crippen LogP contribution in [0.2, 0.25) is 0 Å². The van der Waals surface area contributed by atoms with Gasteiger partial charge in [0.25, 0.3) is 11.8 Å². The molecule has 23 heavy (non-hydrogen) atoms. The van der Waals surface area contributed by atoms with Crippen molar-refractivity contribution in [1.82, 2.24) is 10.2 Å². The van der Waals surface area contributed by atoms with E-state index in [1.165, 1.54) is 18.2 Å². The summed E-state index contributed by atoms with van der Waals surface area (Å²) in [7, 11) is 0. The zero-order valence-electron chi connectivity index (χ0n) is 12.0. The number of piperidine rings is 1. The van der Waals surface area contributed by atoms with Gasteiger partial charge in [-0.1, -0.05) is 6.07 Å². The van der Waals surface area contributed by atoms with Crippen LogP contribution in [0.3, 0.4) is 0 Å². The number of rotatable bonds is 3. The molecule has 120 valence electrons. The third-order valence-corrected chi connectivity index (χ3v) is 4.01. The van der Waals surface area contributed by atoms with Gasteiger partial charge in [0.15, 0.2) is 0 Å². The summed E-state index contributed by atoms with van der Waals surface area (Å²) in [5.74, 6) is -2.51. The first-order valence-corrected chi connectivity index (χ1v) is 7.08. The fourth-order valence-corrected chi connectivity index (χ4v) is 2.93. The van der Waals surface area contributed by atoms with Crippen molar-refractivity contribution in [3.8, 4) is 0 Å². The second kappa shape index (κ2) is 5.47. The van der Waals surface area contributed by atoms with Gasteiger partial charge in [-0.2, -0.15) is 0 Å². The van der Waals surface area contributed by atoms with Crippen molar-refractivity contribution in [1.29, 1.82) is 0 Å². The minimum Gasteiger partial charge on any atom is -0.481 e. The average molecular weight is 318 g/mol. The molecule has 2 unspecified atom stereocenters. The number of nitrogens with zero attached hydrogens (tertiary/aromatic N) is 1. The van der Waals surface area contributed by atoms with E-state index >= 15 is 0 Å². The zero-order chi connectivity index (χ0) is 16.7. The molecule has 0 bridgehead atoms. The summed E-state index contributed by atoms with van der Waals surface area (Å²) >= 11 is 0. The number of carbonyl (C=O) groups is 4. The Bertz CT molecular complexity index is 729. The molecule has 2 atom stereocenters. The Hall–Kier alpha value is -2.74. The molecule has 1 fully saturated rings. The van der Waals surface area contributed by atoms with Crippen LogP contribution in [0.5, 0.6) is 0 Å². The molecule has 0 spiro atoms. The van der Waals surface area contributed by atoms with Gasteiger partial charge in [0.1, 0.15) is 6.23 Å². The Morgan fingerprint density at radius 1 is 1.22 bits per heavy atom. The van der Waals surface area contributed by atoms with Crippen LogP contribution >= 0.6 is 0 Å². The van der Waals surface area contributed by atoms with Crippen LogP contribution in [0, 0.1) is 0 Å². The molecule has 0 saturated carbocycles. The van der Waals surface area contributed by atoms with Crippen molar-refractivity contribution >= 4 is 23.7 Å². The van der Waals surface area contributed by atoms with Crippen LogP contribution in [0.1, 0.15) is 39.1 Å². The topological polar surface area (TPSA) is 124 Å². The number of nitrogens with one attached hydrogen (secondary N) is 1. The largest absolute Gasteiger partial charge is 0.481 e. The minimum absolute atomic E-state index is 0.111. The first-order chi connectivity index (χ1) is 10.9. The fourth-order valence-electron chi connectivity index (χ4n) is 2.93. The smallest absolute Gasteiger partial charge is 0.307 e. The van der Waals surface area contributed by atoms with Gasteiger partial charge in [0.2, 0.25) is 5.91 Å².